The molecule has 4 nitrogen and oxygen atoms in total. The van der Waals surface area contributed by atoms with E-state index in [0.717, 1.165) is 16.5 Å². The van der Waals surface area contributed by atoms with E-state index in [9.17, 15) is 8.42 Å². The van der Waals surface area contributed by atoms with E-state index in [1.54, 1.807) is 30.3 Å². The summed E-state index contributed by atoms with van der Waals surface area (Å²) < 4.78 is 37.5. The van der Waals surface area contributed by atoms with Gasteiger partial charge in [0.15, 0.2) is 8.32 Å². The maximum Gasteiger partial charge on any atom is 0.339 e. The van der Waals surface area contributed by atoms with Crippen molar-refractivity contribution in [2.75, 3.05) is 0 Å². The first kappa shape index (κ1) is 22.5. The first-order valence-corrected chi connectivity index (χ1v) is 14.4. The largest absolute Gasteiger partial charge is 0.413 e. The van der Waals surface area contributed by atoms with Crippen LogP contribution in [0.2, 0.25) is 18.1 Å². The van der Waals surface area contributed by atoms with E-state index in [2.05, 4.69) is 33.9 Å². The van der Waals surface area contributed by atoms with Crippen molar-refractivity contribution in [3.8, 4) is 5.75 Å². The minimum Gasteiger partial charge on any atom is -0.413 e. The fraction of sp³-hybridized carbons (Fsp3) is 0.333. The highest BCUT2D eigenvalue weighted by atomic mass is 32.2. The van der Waals surface area contributed by atoms with E-state index in [1.807, 2.05) is 37.3 Å². The van der Waals surface area contributed by atoms with E-state index in [4.69, 9.17) is 8.61 Å². The lowest BCUT2D eigenvalue weighted by molar-refractivity contribution is 0.276. The highest BCUT2D eigenvalue weighted by Crippen LogP contribution is 2.37. The molecule has 0 bridgehead atoms. The maximum atomic E-state index is 12.9. The van der Waals surface area contributed by atoms with Crippen LogP contribution in [0.15, 0.2) is 65.6 Å². The molecule has 3 rings (SSSR count). The molecular weight excluding hydrogens is 412 g/mol. The summed E-state index contributed by atoms with van der Waals surface area (Å²) in [7, 11) is -5.79. The molecule has 30 heavy (non-hydrogen) atoms. The third-order valence-electron chi connectivity index (χ3n) is 5.90. The zero-order valence-corrected chi connectivity index (χ0v) is 20.3. The smallest absolute Gasteiger partial charge is 0.339 e. The molecule has 160 valence electrons. The molecular formula is C24H30O4SSi. The SMILES string of the molecule is Cc1cccc2c(S(=O)(=O)Oc3ccc(CO[Si](C)(C)C(C)(C)C)cc3)cccc12. The van der Waals surface area contributed by atoms with Gasteiger partial charge in [-0.1, -0.05) is 63.2 Å². The summed E-state index contributed by atoms with van der Waals surface area (Å²) in [4.78, 5) is 0.175. The summed E-state index contributed by atoms with van der Waals surface area (Å²) in [5, 5.41) is 1.71. The van der Waals surface area contributed by atoms with Gasteiger partial charge in [0.05, 0.1) is 6.61 Å². The summed E-state index contributed by atoms with van der Waals surface area (Å²) in [6.07, 6.45) is 0. The van der Waals surface area contributed by atoms with Crippen LogP contribution in [-0.2, 0) is 21.2 Å². The second-order valence-electron chi connectivity index (χ2n) is 9.16. The predicted molar refractivity (Wildman–Crippen MR) is 125 cm³/mol. The van der Waals surface area contributed by atoms with Gasteiger partial charge in [0.2, 0.25) is 0 Å². The summed E-state index contributed by atoms with van der Waals surface area (Å²) >= 11 is 0. The van der Waals surface area contributed by atoms with Crippen molar-refractivity contribution in [1.82, 2.24) is 0 Å². The molecule has 0 amide bonds. The Morgan fingerprint density at radius 1 is 0.867 bits per heavy atom. The van der Waals surface area contributed by atoms with E-state index >= 15 is 0 Å². The van der Waals surface area contributed by atoms with Gasteiger partial charge in [0.25, 0.3) is 0 Å². The molecule has 0 saturated carbocycles. The van der Waals surface area contributed by atoms with Crippen LogP contribution in [-0.4, -0.2) is 16.7 Å². The minimum absolute atomic E-state index is 0.140. The minimum atomic E-state index is -3.95. The summed E-state index contributed by atoms with van der Waals surface area (Å²) in [6.45, 7) is 13.5. The molecule has 0 spiro atoms. The third-order valence-corrected chi connectivity index (χ3v) is 11.7. The fourth-order valence-corrected chi connectivity index (χ4v) is 5.06. The van der Waals surface area contributed by atoms with Gasteiger partial charge in [0, 0.05) is 5.39 Å². The Morgan fingerprint density at radius 3 is 2.10 bits per heavy atom. The third kappa shape index (κ3) is 4.77. The van der Waals surface area contributed by atoms with Crippen LogP contribution >= 0.6 is 0 Å². The molecule has 0 aliphatic heterocycles. The Labute approximate surface area is 181 Å². The van der Waals surface area contributed by atoms with Crippen molar-refractivity contribution in [1.29, 1.82) is 0 Å². The molecule has 6 heteroatoms. The Balaban J connectivity index is 1.78. The molecule has 3 aromatic rings. The number of fused-ring (bicyclic) bond motifs is 1. The summed E-state index contributed by atoms with van der Waals surface area (Å²) in [6, 6.07) is 17.9. The van der Waals surface area contributed by atoms with Gasteiger partial charge >= 0.3 is 10.1 Å². The zero-order chi connectivity index (χ0) is 22.2. The van der Waals surface area contributed by atoms with Gasteiger partial charge in [0.1, 0.15) is 10.6 Å². The molecule has 0 aliphatic rings. The van der Waals surface area contributed by atoms with Crippen molar-refractivity contribution in [2.45, 2.75) is 57.3 Å². The molecule has 0 unspecified atom stereocenters. The summed E-state index contributed by atoms with van der Waals surface area (Å²) in [5.74, 6) is 0.288. The van der Waals surface area contributed by atoms with Crippen molar-refractivity contribution in [2.24, 2.45) is 0 Å². The van der Waals surface area contributed by atoms with E-state index < -0.39 is 18.4 Å². The predicted octanol–water partition coefficient (Wildman–Crippen LogP) is 6.44. The van der Waals surface area contributed by atoms with Crippen LogP contribution in [0.3, 0.4) is 0 Å². The van der Waals surface area contributed by atoms with Crippen LogP contribution < -0.4 is 4.18 Å². The number of benzene rings is 3. The Hall–Kier alpha value is -2.15. The molecule has 0 aliphatic carbocycles. The molecule has 0 atom stereocenters. The molecule has 3 aromatic carbocycles. The van der Waals surface area contributed by atoms with E-state index in [0.29, 0.717) is 12.0 Å². The fourth-order valence-electron chi connectivity index (χ4n) is 2.95. The van der Waals surface area contributed by atoms with E-state index in [1.165, 1.54) is 0 Å². The van der Waals surface area contributed by atoms with Crippen molar-refractivity contribution in [3.63, 3.8) is 0 Å². The van der Waals surface area contributed by atoms with Gasteiger partial charge in [-0.05, 0) is 59.8 Å². The Morgan fingerprint density at radius 2 is 1.47 bits per heavy atom. The average molecular weight is 443 g/mol. The first-order valence-electron chi connectivity index (χ1n) is 10.1. The van der Waals surface area contributed by atoms with Crippen LogP contribution in [0.1, 0.15) is 31.9 Å². The molecule has 0 N–H and O–H groups in total. The van der Waals surface area contributed by atoms with Crippen LogP contribution in [0, 0.1) is 6.92 Å². The molecule has 0 radical (unpaired) electrons. The monoisotopic (exact) mass is 442 g/mol. The highest BCUT2D eigenvalue weighted by Gasteiger charge is 2.37. The lowest BCUT2D eigenvalue weighted by Crippen LogP contribution is -2.40. The van der Waals surface area contributed by atoms with Crippen LogP contribution in [0.25, 0.3) is 10.8 Å². The lowest BCUT2D eigenvalue weighted by atomic mass is 10.1. The molecule has 0 heterocycles. The van der Waals surface area contributed by atoms with Crippen LogP contribution in [0.5, 0.6) is 5.75 Å². The zero-order valence-electron chi connectivity index (χ0n) is 18.5. The summed E-state index contributed by atoms with van der Waals surface area (Å²) in [5.41, 5.74) is 2.01. The number of aryl methyl sites for hydroxylation is 1. The van der Waals surface area contributed by atoms with Crippen LogP contribution in [0.4, 0.5) is 0 Å². The number of rotatable bonds is 6. The van der Waals surface area contributed by atoms with Gasteiger partial charge < -0.3 is 8.61 Å². The Kier molecular flexibility index (Phi) is 6.14. The van der Waals surface area contributed by atoms with Crippen molar-refractivity contribution >= 4 is 29.2 Å². The normalized spacial score (nSPS) is 12.9. The number of hydrogen-bond acceptors (Lipinski definition) is 4. The molecule has 0 aromatic heterocycles. The standard InChI is InChI=1S/C24H30O4SSi/c1-18-9-7-11-22-21(18)10-8-12-23(22)29(25,26)28-20-15-13-19(14-16-20)17-27-30(5,6)24(2,3)4/h7-16H,17H2,1-6H3. The van der Waals surface area contributed by atoms with Gasteiger partial charge in [-0.15, -0.1) is 0 Å². The number of hydrogen-bond donors (Lipinski definition) is 0. The topological polar surface area (TPSA) is 52.6 Å². The maximum absolute atomic E-state index is 12.9. The van der Waals surface area contributed by atoms with E-state index in [-0.39, 0.29) is 15.7 Å². The van der Waals surface area contributed by atoms with Crippen molar-refractivity contribution < 1.29 is 17.0 Å². The first-order chi connectivity index (χ1) is 13.9. The quantitative estimate of drug-likeness (QED) is 0.326. The lowest BCUT2D eigenvalue weighted by Gasteiger charge is -2.36. The van der Waals surface area contributed by atoms with Gasteiger partial charge in [-0.2, -0.15) is 8.42 Å². The van der Waals surface area contributed by atoms with Gasteiger partial charge in [-0.25, -0.2) is 0 Å². The Bertz CT molecular complexity index is 1140. The van der Waals surface area contributed by atoms with Gasteiger partial charge in [-0.3, -0.25) is 0 Å². The molecule has 0 fully saturated rings. The van der Waals surface area contributed by atoms with Crippen molar-refractivity contribution in [3.05, 3.63) is 71.8 Å². The average Bonchev–Trinajstić information content (AvgIpc) is 2.66. The molecule has 0 saturated heterocycles. The highest BCUT2D eigenvalue weighted by molar-refractivity contribution is 7.87. The second-order valence-corrected chi connectivity index (χ2v) is 15.5. The second kappa shape index (κ2) is 8.17.